The van der Waals surface area contributed by atoms with E-state index in [0.717, 1.165) is 34.7 Å². The zero-order chi connectivity index (χ0) is 40.6. The highest BCUT2D eigenvalue weighted by molar-refractivity contribution is 9.29. The van der Waals surface area contributed by atoms with Gasteiger partial charge in [0.25, 0.3) is 0 Å². The summed E-state index contributed by atoms with van der Waals surface area (Å²) in [5.74, 6) is 2.73. The van der Waals surface area contributed by atoms with Crippen LogP contribution in [0.1, 0.15) is 101 Å². The van der Waals surface area contributed by atoms with Crippen LogP contribution in [0.2, 0.25) is 6.04 Å². The average Bonchev–Trinajstić information content (AvgIpc) is 3.16. The fraction of sp³-hybridized carbons (Fsp3) is 1.00. The monoisotopic (exact) mass is 1050 g/mol. The molecule has 0 N–H and O–H groups in total. The quantitative estimate of drug-likeness (QED) is 0.0252. The predicted molar refractivity (Wildman–Crippen MR) is 271 cm³/mol. The molecule has 0 saturated heterocycles. The Labute approximate surface area is 384 Å². The molecule has 0 aromatic carbocycles. The van der Waals surface area contributed by atoms with E-state index in [1.807, 2.05) is 143 Å². The van der Waals surface area contributed by atoms with Gasteiger partial charge in [-0.3, -0.25) is 0 Å². The lowest BCUT2D eigenvalue weighted by atomic mass is 9.87. The first-order valence-corrected chi connectivity index (χ1v) is 40.3. The van der Waals surface area contributed by atoms with E-state index in [1.54, 1.807) is 21.6 Å². The molecule has 9 nitrogen and oxygen atoms in total. The Kier molecular flexibility index (Phi) is 38.5. The van der Waals surface area contributed by atoms with Gasteiger partial charge in [0.1, 0.15) is 0 Å². The molecular formula is C31H68O9S12Si3. The summed E-state index contributed by atoms with van der Waals surface area (Å²) in [4.78, 5) is 0. The third kappa shape index (κ3) is 24.4. The van der Waals surface area contributed by atoms with Crippen LogP contribution >= 0.6 is 124 Å². The Hall–Kier alpha value is 4.49. The molecule has 1 fully saturated rings. The number of hydrogen-bond acceptors (Lipinski definition) is 21. The molecule has 0 bridgehead atoms. The van der Waals surface area contributed by atoms with Gasteiger partial charge in [0.2, 0.25) is 0 Å². The Morgan fingerprint density at radius 2 is 0.800 bits per heavy atom. The first kappa shape index (κ1) is 57.5. The maximum Gasteiger partial charge on any atom is 0.512 e. The van der Waals surface area contributed by atoms with Gasteiger partial charge in [0.15, 0.2) is 0 Å². The number of hydrogen-bond donors (Lipinski definition) is 0. The van der Waals surface area contributed by atoms with Gasteiger partial charge in [-0.15, -0.1) is 0 Å². The molecule has 1 aliphatic carbocycles. The van der Waals surface area contributed by atoms with E-state index in [9.17, 15) is 0 Å². The normalized spacial score (nSPS) is 15.0. The highest BCUT2D eigenvalue weighted by Gasteiger charge is 2.45. The molecule has 0 amide bonds. The van der Waals surface area contributed by atoms with Crippen LogP contribution in [0.15, 0.2) is 0 Å². The fourth-order valence-electron chi connectivity index (χ4n) is 5.58. The van der Waals surface area contributed by atoms with Crippen molar-refractivity contribution in [3.63, 3.8) is 0 Å². The van der Waals surface area contributed by atoms with E-state index >= 15 is 0 Å². The topological polar surface area (TPSA) is 83.1 Å². The van der Waals surface area contributed by atoms with Crippen LogP contribution in [-0.2, 0) is 39.8 Å². The molecule has 0 spiro atoms. The van der Waals surface area contributed by atoms with Crippen LogP contribution in [0.3, 0.4) is 0 Å². The third-order valence-corrected chi connectivity index (χ3v) is 41.1. The van der Waals surface area contributed by atoms with Crippen molar-refractivity contribution in [2.45, 2.75) is 111 Å². The third-order valence-electron chi connectivity index (χ3n) is 7.57. The van der Waals surface area contributed by atoms with Gasteiger partial charge >= 0.3 is 26.4 Å². The van der Waals surface area contributed by atoms with Crippen LogP contribution in [0, 0.1) is 5.92 Å². The fourth-order valence-corrected chi connectivity index (χ4v) is 42.0. The van der Waals surface area contributed by atoms with Crippen LogP contribution in [-0.4, -0.2) is 112 Å². The van der Waals surface area contributed by atoms with Crippen LogP contribution in [0.25, 0.3) is 0 Å². The van der Waals surface area contributed by atoms with E-state index in [4.69, 9.17) is 39.8 Å². The Bertz CT molecular complexity index is 815. The minimum atomic E-state index is -2.71. The van der Waals surface area contributed by atoms with Gasteiger partial charge in [-0.2, -0.15) is 0 Å². The second-order valence-electron chi connectivity index (χ2n) is 11.4. The first-order chi connectivity index (χ1) is 26.8. The van der Waals surface area contributed by atoms with Gasteiger partial charge < -0.3 is 39.8 Å². The van der Waals surface area contributed by atoms with Gasteiger partial charge in [-0.1, -0.05) is 84.0 Å². The van der Waals surface area contributed by atoms with Gasteiger partial charge in [0, 0.05) is 77.0 Å². The van der Waals surface area contributed by atoms with Crippen LogP contribution < -0.4 is 0 Å². The molecule has 0 aliphatic heterocycles. The van der Waals surface area contributed by atoms with Crippen molar-refractivity contribution in [1.82, 2.24) is 0 Å². The summed E-state index contributed by atoms with van der Waals surface area (Å²) < 4.78 is 55.0. The minimum absolute atomic E-state index is 0.0417. The van der Waals surface area contributed by atoms with Crippen molar-refractivity contribution >= 4 is 150 Å². The van der Waals surface area contributed by atoms with Gasteiger partial charge in [-0.25, -0.2) is 0 Å². The summed E-state index contributed by atoms with van der Waals surface area (Å²) in [6.45, 7) is 23.6. The van der Waals surface area contributed by atoms with Gasteiger partial charge in [-0.05, 0) is 146 Å². The van der Waals surface area contributed by atoms with Crippen molar-refractivity contribution < 1.29 is 39.8 Å². The smallest absolute Gasteiger partial charge is 0.374 e. The van der Waals surface area contributed by atoms with E-state index in [2.05, 4.69) is 21.6 Å². The molecular weight excluding hydrogens is 985 g/mol. The molecule has 0 heterocycles. The van der Waals surface area contributed by atoms with Gasteiger partial charge in [0.05, 0.1) is 14.8 Å². The van der Waals surface area contributed by atoms with Crippen molar-refractivity contribution in [2.75, 3.05) is 81.7 Å². The summed E-state index contributed by atoms with van der Waals surface area (Å²) in [6.07, 6.45) is 7.52. The van der Waals surface area contributed by atoms with Crippen molar-refractivity contribution in [1.29, 1.82) is 0 Å². The van der Waals surface area contributed by atoms with Crippen LogP contribution in [0.5, 0.6) is 0 Å². The van der Waals surface area contributed by atoms with Crippen LogP contribution in [0.4, 0.5) is 0 Å². The molecule has 55 heavy (non-hydrogen) atoms. The van der Waals surface area contributed by atoms with E-state index < -0.39 is 26.4 Å². The molecule has 0 radical (unpaired) electrons. The zero-order valence-corrected chi connectivity index (χ0v) is 47.1. The molecule has 1 saturated carbocycles. The highest BCUT2D eigenvalue weighted by Crippen LogP contribution is 2.65. The molecule has 0 atom stereocenters. The molecule has 1 rings (SSSR count). The lowest BCUT2D eigenvalue weighted by molar-refractivity contribution is 0.0710. The number of rotatable bonds is 40. The summed E-state index contributed by atoms with van der Waals surface area (Å²) in [5.41, 5.74) is 0. The average molecular weight is 1050 g/mol. The highest BCUT2D eigenvalue weighted by atomic mass is 33.7. The molecule has 1 aliphatic rings. The van der Waals surface area contributed by atoms with E-state index in [0.29, 0.717) is 65.4 Å². The molecule has 330 valence electrons. The summed E-state index contributed by atoms with van der Waals surface area (Å²) in [5, 5.41) is 1.47. The summed E-state index contributed by atoms with van der Waals surface area (Å²) in [6, 6.07) is 0.860. The lowest BCUT2D eigenvalue weighted by Crippen LogP contribution is -2.49. The Balaban J connectivity index is 2.98. The maximum atomic E-state index is 6.13. The standard InChI is InChI=1S/C31H68O9S12Si3/c1-10-32-53(33-11-2,34-12-3)26-22-25-41-47-48-42-27-31(30-23-20-19-21-24-30,45-51-49-43-28-54(35-13-4,36-14-5)37-15-6)46-52-50-44-29-55(38-16-7,39-17-8)40-18-9/h30H,10-29H2,1-9H3. The Morgan fingerprint density at radius 3 is 1.20 bits per heavy atom. The predicted octanol–water partition coefficient (Wildman–Crippen LogP) is 13.9. The zero-order valence-electron chi connectivity index (χ0n) is 34.3. The van der Waals surface area contributed by atoms with Crippen molar-refractivity contribution in [3.8, 4) is 0 Å². The second-order valence-corrected chi connectivity index (χ2v) is 39.0. The van der Waals surface area contributed by atoms with Crippen molar-refractivity contribution in [2.24, 2.45) is 5.92 Å². The second kappa shape index (κ2) is 36.8. The first-order valence-electron chi connectivity index (χ1n) is 19.4. The molecule has 0 aromatic heterocycles. The van der Waals surface area contributed by atoms with E-state index in [1.165, 1.54) is 32.1 Å². The van der Waals surface area contributed by atoms with E-state index in [-0.39, 0.29) is 4.08 Å². The summed E-state index contributed by atoms with van der Waals surface area (Å²) in [7, 11) is 15.0. The molecule has 24 heteroatoms. The summed E-state index contributed by atoms with van der Waals surface area (Å²) >= 11 is 0. The molecule has 0 aromatic rings. The SMILES string of the molecule is CCO[Si](CCCSSSSCC(SSSSC[Si](OCC)(OCC)OCC)(SSSSC[Si](OCC)(OCC)OCC)C1CCCCC1)(OCC)OCC. The largest absolute Gasteiger partial charge is 0.512 e. The lowest BCUT2D eigenvalue weighted by Gasteiger charge is -2.40. The maximum absolute atomic E-state index is 6.13. The molecule has 0 unspecified atom stereocenters. The minimum Gasteiger partial charge on any atom is -0.374 e. The Morgan fingerprint density at radius 1 is 0.436 bits per heavy atom. The van der Waals surface area contributed by atoms with Crippen molar-refractivity contribution in [3.05, 3.63) is 0 Å².